The van der Waals surface area contributed by atoms with Crippen LogP contribution in [0.4, 0.5) is 34.1 Å². The lowest BCUT2D eigenvalue weighted by Gasteiger charge is -2.28. The fourth-order valence-electron chi connectivity index (χ4n) is 13.0. The second kappa shape index (κ2) is 30.7. The molecule has 0 saturated heterocycles. The molecule has 0 amide bonds. The molecule has 0 unspecified atom stereocenters. The van der Waals surface area contributed by atoms with E-state index in [0.717, 1.165) is 94.4 Å². The third kappa shape index (κ3) is 15.4. The lowest BCUT2D eigenvalue weighted by atomic mass is 9.84. The van der Waals surface area contributed by atoms with Gasteiger partial charge < -0.3 is 9.80 Å². The number of hydrogen-bond acceptors (Lipinski definition) is 2. The largest absolute Gasteiger partial charge is 0.310 e. The van der Waals surface area contributed by atoms with E-state index < -0.39 is 0 Å². The van der Waals surface area contributed by atoms with E-state index in [4.69, 9.17) is 0 Å². The first-order valence-corrected chi connectivity index (χ1v) is 34.7. The third-order valence-electron chi connectivity index (χ3n) is 18.0. The summed E-state index contributed by atoms with van der Waals surface area (Å²) in [7, 11) is 0. The molecule has 0 N–H and O–H groups in total. The van der Waals surface area contributed by atoms with E-state index in [1.54, 1.807) is 0 Å². The van der Waals surface area contributed by atoms with E-state index in [1.165, 1.54) is 139 Å². The van der Waals surface area contributed by atoms with Crippen molar-refractivity contribution >= 4 is 66.0 Å². The summed E-state index contributed by atoms with van der Waals surface area (Å²) in [5.41, 5.74) is 30.0. The highest BCUT2D eigenvalue weighted by atomic mass is 79.9. The quantitative estimate of drug-likeness (QED) is 0.0499. The zero-order chi connectivity index (χ0) is 62.3. The van der Waals surface area contributed by atoms with Gasteiger partial charge in [-0.2, -0.15) is 0 Å². The highest BCUT2D eigenvalue weighted by Crippen LogP contribution is 2.44. The minimum absolute atomic E-state index is 1.03. The highest BCUT2D eigenvalue weighted by molar-refractivity contribution is 9.10. The van der Waals surface area contributed by atoms with Gasteiger partial charge in [0.05, 0.1) is 0 Å². The molecule has 0 radical (unpaired) electrons. The number of halogens is 2. The van der Waals surface area contributed by atoms with Gasteiger partial charge in [0, 0.05) is 43.1 Å². The maximum atomic E-state index is 3.64. The number of rotatable bonds is 26. The van der Waals surface area contributed by atoms with Crippen LogP contribution in [0.15, 0.2) is 252 Å². The second-order valence-corrected chi connectivity index (χ2v) is 26.4. The van der Waals surface area contributed by atoms with E-state index in [1.807, 2.05) is 0 Å². The van der Waals surface area contributed by atoms with Gasteiger partial charge in [-0.3, -0.25) is 0 Å². The zero-order valence-electron chi connectivity index (χ0n) is 53.6. The van der Waals surface area contributed by atoms with Crippen molar-refractivity contribution in [3.63, 3.8) is 0 Å². The molecule has 11 rings (SSSR count). The van der Waals surface area contributed by atoms with Crippen LogP contribution in [0.3, 0.4) is 0 Å². The zero-order valence-corrected chi connectivity index (χ0v) is 56.8. The SMILES string of the molecule is CCCCCCc1cc(-c2ccc(N(c3ccc(-c4ccc(Br)cc4)cc3)c3ccc(-c4ccc(CCC)cc4)cc3)cc2C)c(CCCCCC)cc1-c1ccc(N(c2ccc(-c3ccc(Br)cc3)cc2)c2ccc(-c3ccc(CCC)cc3)cc2)cc1C. The third-order valence-corrected chi connectivity index (χ3v) is 19.0. The van der Waals surface area contributed by atoms with Gasteiger partial charge >= 0.3 is 0 Å². The summed E-state index contributed by atoms with van der Waals surface area (Å²) in [6, 6.07) is 91.5. The van der Waals surface area contributed by atoms with Crippen LogP contribution in [-0.4, -0.2) is 0 Å². The molecule has 11 aromatic carbocycles. The minimum Gasteiger partial charge on any atom is -0.310 e. The average molecular weight is 1310 g/mol. The van der Waals surface area contributed by atoms with Crippen molar-refractivity contribution in [1.29, 1.82) is 0 Å². The van der Waals surface area contributed by atoms with Crippen LogP contribution in [0.2, 0.25) is 0 Å². The van der Waals surface area contributed by atoms with Crippen molar-refractivity contribution in [2.45, 2.75) is 131 Å². The number of hydrogen-bond donors (Lipinski definition) is 0. The maximum absolute atomic E-state index is 3.64. The number of unbranched alkanes of at least 4 members (excludes halogenated alkanes) is 6. The van der Waals surface area contributed by atoms with E-state index >= 15 is 0 Å². The first kappa shape index (κ1) is 63.5. The lowest BCUT2D eigenvalue weighted by Crippen LogP contribution is -2.10. The Morgan fingerprint density at radius 3 is 0.778 bits per heavy atom. The molecule has 0 bridgehead atoms. The van der Waals surface area contributed by atoms with Crippen molar-refractivity contribution in [3.05, 3.63) is 285 Å². The summed E-state index contributed by atoms with van der Waals surface area (Å²) in [4.78, 5) is 4.86. The second-order valence-electron chi connectivity index (χ2n) is 24.6. The van der Waals surface area contributed by atoms with Crippen LogP contribution < -0.4 is 9.80 Å². The van der Waals surface area contributed by atoms with Gasteiger partial charge in [0.2, 0.25) is 0 Å². The molecule has 0 heterocycles. The van der Waals surface area contributed by atoms with Crippen molar-refractivity contribution in [1.82, 2.24) is 0 Å². The first-order valence-electron chi connectivity index (χ1n) is 33.2. The Bertz CT molecular complexity index is 3820. The number of benzene rings is 11. The van der Waals surface area contributed by atoms with E-state index in [0.29, 0.717) is 0 Å². The Balaban J connectivity index is 0.976. The molecular formula is C86H86Br2N2. The van der Waals surface area contributed by atoms with Gasteiger partial charge in [0.1, 0.15) is 0 Å². The van der Waals surface area contributed by atoms with Crippen LogP contribution in [0.5, 0.6) is 0 Å². The molecule has 4 heteroatoms. The Kier molecular flexibility index (Phi) is 21.6. The molecule has 0 aliphatic heterocycles. The fourth-order valence-corrected chi connectivity index (χ4v) is 13.5. The minimum atomic E-state index is 1.03. The summed E-state index contributed by atoms with van der Waals surface area (Å²) in [6.07, 6.45) is 16.2. The van der Waals surface area contributed by atoms with Crippen LogP contribution >= 0.6 is 31.9 Å². The van der Waals surface area contributed by atoms with Crippen LogP contribution in [0.1, 0.15) is 125 Å². The van der Waals surface area contributed by atoms with Crippen LogP contribution in [0, 0.1) is 13.8 Å². The molecule has 0 saturated carbocycles. The molecule has 0 aromatic heterocycles. The van der Waals surface area contributed by atoms with E-state index in [9.17, 15) is 0 Å². The molecule has 0 atom stereocenters. The molecule has 0 fully saturated rings. The van der Waals surface area contributed by atoms with Gasteiger partial charge in [-0.05, 0) is 250 Å². The van der Waals surface area contributed by atoms with Gasteiger partial charge in [-0.1, -0.05) is 257 Å². The van der Waals surface area contributed by atoms with Gasteiger partial charge in [-0.15, -0.1) is 0 Å². The van der Waals surface area contributed by atoms with E-state index in [2.05, 4.69) is 326 Å². The molecule has 0 aliphatic rings. The molecule has 0 aliphatic carbocycles. The first-order chi connectivity index (χ1) is 44.1. The molecule has 0 spiro atoms. The predicted molar refractivity (Wildman–Crippen MR) is 397 cm³/mol. The lowest BCUT2D eigenvalue weighted by molar-refractivity contribution is 0.664. The average Bonchev–Trinajstić information content (AvgIpc) is 0.856. The smallest absolute Gasteiger partial charge is 0.0464 e. The summed E-state index contributed by atoms with van der Waals surface area (Å²) in [5, 5.41) is 0. The summed E-state index contributed by atoms with van der Waals surface area (Å²) in [6.45, 7) is 13.8. The monoisotopic (exact) mass is 1300 g/mol. The molecule has 90 heavy (non-hydrogen) atoms. The van der Waals surface area contributed by atoms with Crippen LogP contribution in [0.25, 0.3) is 66.8 Å². The summed E-state index contributed by atoms with van der Waals surface area (Å²) < 4.78 is 2.16. The maximum Gasteiger partial charge on any atom is 0.0464 e. The molecule has 454 valence electrons. The fraction of sp³-hybridized carbons (Fsp3) is 0.233. The Labute approximate surface area is 555 Å². The van der Waals surface area contributed by atoms with E-state index in [-0.39, 0.29) is 0 Å². The Morgan fingerprint density at radius 2 is 0.511 bits per heavy atom. The number of nitrogens with zero attached hydrogens (tertiary/aromatic N) is 2. The predicted octanol–water partition coefficient (Wildman–Crippen LogP) is 26.9. The van der Waals surface area contributed by atoms with Crippen molar-refractivity contribution < 1.29 is 0 Å². The molecular weight excluding hydrogens is 1220 g/mol. The molecule has 11 aromatic rings. The van der Waals surface area contributed by atoms with Crippen LogP contribution in [-0.2, 0) is 25.7 Å². The normalized spacial score (nSPS) is 11.3. The number of anilines is 6. The highest BCUT2D eigenvalue weighted by Gasteiger charge is 2.21. The van der Waals surface area contributed by atoms with Crippen molar-refractivity contribution in [2.75, 3.05) is 9.80 Å². The Hall–Kier alpha value is -8.02. The van der Waals surface area contributed by atoms with Gasteiger partial charge in [0.25, 0.3) is 0 Å². The van der Waals surface area contributed by atoms with Gasteiger partial charge in [-0.25, -0.2) is 0 Å². The topological polar surface area (TPSA) is 6.48 Å². The van der Waals surface area contributed by atoms with Gasteiger partial charge in [0.15, 0.2) is 0 Å². The van der Waals surface area contributed by atoms with Crippen molar-refractivity contribution in [2.24, 2.45) is 0 Å². The summed E-state index contributed by atoms with van der Waals surface area (Å²) >= 11 is 7.27. The number of aryl methyl sites for hydroxylation is 6. The molecule has 2 nitrogen and oxygen atoms in total. The Morgan fingerprint density at radius 1 is 0.244 bits per heavy atom. The summed E-state index contributed by atoms with van der Waals surface area (Å²) in [5.74, 6) is 0. The van der Waals surface area contributed by atoms with Crippen molar-refractivity contribution in [3.8, 4) is 66.8 Å². The standard InChI is InChI=1S/C86H86Br2N2/c1-7-11-13-15-19-73-59-86(84-56-54-82(58-62(84)6)90(80-51-39-72(40-52-80)68-31-43-76(88)44-32-68)78-47-35-70(36-48-78)66-27-23-64(18-10-4)24-28-66)74(20-16-14-12-8-2)60-85(73)83-55-53-81(57-61(83)5)89(79-49-37-71(38-50-79)67-29-41-75(87)42-30-67)77-45-33-69(34-46-77)65-25-21-63(17-9-3)22-26-65/h21-60H,7-20H2,1-6H3.